The van der Waals surface area contributed by atoms with E-state index in [-0.39, 0.29) is 11.3 Å². The lowest BCUT2D eigenvalue weighted by Gasteiger charge is -2.24. The Hall–Kier alpha value is -3.15. The average molecular weight is 366 g/mol. The summed E-state index contributed by atoms with van der Waals surface area (Å²) in [4.78, 5) is 31.0. The molecule has 3 rings (SSSR count). The fourth-order valence-corrected chi connectivity index (χ4v) is 3.41. The van der Waals surface area contributed by atoms with Crippen molar-refractivity contribution in [3.05, 3.63) is 65.0 Å². The molecule has 1 unspecified atom stereocenters. The number of hydrogen-bond donors (Lipinski definition) is 1. The number of aryl methyl sites for hydroxylation is 1. The van der Waals surface area contributed by atoms with Crippen LogP contribution in [0.1, 0.15) is 36.1 Å². The number of aliphatic hydroxyl groups is 1. The van der Waals surface area contributed by atoms with E-state index in [1.807, 2.05) is 13.8 Å². The molecule has 0 saturated carbocycles. The number of carbonyl (C=O) groups excluding carboxylic acids is 2. The highest BCUT2D eigenvalue weighted by Gasteiger charge is 2.45. The molecular formula is C21H22N2O4. The highest BCUT2D eigenvalue weighted by atomic mass is 16.5. The maximum Gasteiger partial charge on any atom is 0.295 e. The van der Waals surface area contributed by atoms with Gasteiger partial charge in [0.05, 0.1) is 18.7 Å². The van der Waals surface area contributed by atoms with Crippen LogP contribution in [0, 0.1) is 6.92 Å². The molecule has 27 heavy (non-hydrogen) atoms. The summed E-state index contributed by atoms with van der Waals surface area (Å²) in [5.41, 5.74) is 2.03. The monoisotopic (exact) mass is 366 g/mol. The first-order valence-corrected chi connectivity index (χ1v) is 8.83. The van der Waals surface area contributed by atoms with Gasteiger partial charge in [-0.05, 0) is 48.7 Å². The molecule has 0 aliphatic carbocycles. The van der Waals surface area contributed by atoms with Gasteiger partial charge < -0.3 is 14.7 Å². The Balaban J connectivity index is 2.19. The van der Waals surface area contributed by atoms with Gasteiger partial charge in [0.15, 0.2) is 0 Å². The number of ether oxygens (including phenoxy) is 1. The summed E-state index contributed by atoms with van der Waals surface area (Å²) in [6.45, 7) is 4.18. The van der Waals surface area contributed by atoms with Crippen LogP contribution in [0.15, 0.2) is 48.3 Å². The van der Waals surface area contributed by atoms with E-state index in [4.69, 9.17) is 4.74 Å². The number of amides is 1. The number of ketones is 1. The van der Waals surface area contributed by atoms with Gasteiger partial charge in [-0.15, -0.1) is 0 Å². The van der Waals surface area contributed by atoms with Crippen molar-refractivity contribution in [2.45, 2.75) is 26.3 Å². The van der Waals surface area contributed by atoms with Gasteiger partial charge in [-0.2, -0.15) is 0 Å². The number of benzene rings is 1. The minimum atomic E-state index is -0.676. The minimum absolute atomic E-state index is 0.0923. The maximum atomic E-state index is 12.8. The third-order valence-electron chi connectivity index (χ3n) is 4.69. The second kappa shape index (κ2) is 7.61. The van der Waals surface area contributed by atoms with Gasteiger partial charge in [0.25, 0.3) is 11.7 Å². The van der Waals surface area contributed by atoms with E-state index >= 15 is 0 Å². The van der Waals surface area contributed by atoms with Gasteiger partial charge in [0.1, 0.15) is 11.5 Å². The first-order valence-electron chi connectivity index (χ1n) is 8.83. The van der Waals surface area contributed by atoms with Crippen molar-refractivity contribution < 1.29 is 19.4 Å². The molecule has 2 aromatic rings. The summed E-state index contributed by atoms with van der Waals surface area (Å²) >= 11 is 0. The summed E-state index contributed by atoms with van der Waals surface area (Å²) in [5.74, 6) is -0.802. The van der Waals surface area contributed by atoms with E-state index in [1.54, 1.807) is 49.8 Å². The first kappa shape index (κ1) is 18.6. The van der Waals surface area contributed by atoms with Crippen molar-refractivity contribution >= 4 is 17.4 Å². The molecule has 1 aliphatic heterocycles. The zero-order chi connectivity index (χ0) is 19.6. The molecule has 1 aromatic heterocycles. The molecular weight excluding hydrogens is 344 g/mol. The highest BCUT2D eigenvalue weighted by molar-refractivity contribution is 6.46. The molecule has 1 saturated heterocycles. The van der Waals surface area contributed by atoms with Crippen LogP contribution in [0.5, 0.6) is 5.75 Å². The van der Waals surface area contributed by atoms with Crippen LogP contribution < -0.4 is 4.74 Å². The predicted octanol–water partition coefficient (Wildman–Crippen LogP) is 3.23. The van der Waals surface area contributed by atoms with E-state index < -0.39 is 17.7 Å². The van der Waals surface area contributed by atoms with Crippen LogP contribution in [-0.2, 0) is 9.59 Å². The Morgan fingerprint density at radius 3 is 2.67 bits per heavy atom. The first-order chi connectivity index (χ1) is 13.0. The van der Waals surface area contributed by atoms with E-state index in [9.17, 15) is 14.7 Å². The molecule has 6 nitrogen and oxygen atoms in total. The van der Waals surface area contributed by atoms with E-state index in [0.29, 0.717) is 29.8 Å². The fourth-order valence-electron chi connectivity index (χ4n) is 3.41. The number of nitrogens with zero attached hydrogens (tertiary/aromatic N) is 2. The van der Waals surface area contributed by atoms with Gasteiger partial charge in [-0.25, -0.2) is 0 Å². The number of hydrogen-bond acceptors (Lipinski definition) is 5. The van der Waals surface area contributed by atoms with Crippen molar-refractivity contribution in [1.82, 2.24) is 9.88 Å². The number of aliphatic hydroxyl groups excluding tert-OH is 1. The topological polar surface area (TPSA) is 79.7 Å². The predicted molar refractivity (Wildman–Crippen MR) is 101 cm³/mol. The SMILES string of the molecule is CCCN1C(=O)C(=O)/C(=C(\O)c2ccc(OC)cc2C)C1c1cccnc1. The van der Waals surface area contributed by atoms with Crippen molar-refractivity contribution in [3.63, 3.8) is 0 Å². The average Bonchev–Trinajstić information content (AvgIpc) is 2.93. The van der Waals surface area contributed by atoms with Crippen LogP contribution in [0.2, 0.25) is 0 Å². The summed E-state index contributed by atoms with van der Waals surface area (Å²) in [7, 11) is 1.56. The molecule has 140 valence electrons. The summed E-state index contributed by atoms with van der Waals surface area (Å²) in [5, 5.41) is 11.0. The molecule has 0 bridgehead atoms. The lowest BCUT2D eigenvalue weighted by Crippen LogP contribution is -2.30. The van der Waals surface area contributed by atoms with Crippen LogP contribution in [0.25, 0.3) is 5.76 Å². The lowest BCUT2D eigenvalue weighted by molar-refractivity contribution is -0.139. The highest BCUT2D eigenvalue weighted by Crippen LogP contribution is 2.39. The molecule has 0 spiro atoms. The summed E-state index contributed by atoms with van der Waals surface area (Å²) < 4.78 is 5.20. The van der Waals surface area contributed by atoms with Crippen LogP contribution in [0.4, 0.5) is 0 Å². The van der Waals surface area contributed by atoms with Crippen molar-refractivity contribution in [2.24, 2.45) is 0 Å². The quantitative estimate of drug-likeness (QED) is 0.499. The molecule has 0 radical (unpaired) electrons. The number of Topliss-reactive ketones (excluding diaryl/α,β-unsaturated/α-hetero) is 1. The molecule has 1 amide bonds. The molecule has 6 heteroatoms. The van der Waals surface area contributed by atoms with Gasteiger partial charge in [-0.3, -0.25) is 14.6 Å². The second-order valence-corrected chi connectivity index (χ2v) is 6.46. The Kier molecular flexibility index (Phi) is 5.26. The Morgan fingerprint density at radius 2 is 2.07 bits per heavy atom. The summed E-state index contributed by atoms with van der Waals surface area (Å²) in [6.07, 6.45) is 3.95. The van der Waals surface area contributed by atoms with E-state index in [0.717, 1.165) is 5.56 Å². The normalized spacial score (nSPS) is 18.8. The Bertz CT molecular complexity index is 906. The summed E-state index contributed by atoms with van der Waals surface area (Å²) in [6, 6.07) is 8.08. The van der Waals surface area contributed by atoms with Crippen molar-refractivity contribution in [1.29, 1.82) is 0 Å². The number of methoxy groups -OCH3 is 1. The molecule has 2 heterocycles. The molecule has 1 aliphatic rings. The molecule has 1 aromatic carbocycles. The maximum absolute atomic E-state index is 12.8. The van der Waals surface area contributed by atoms with Crippen LogP contribution >= 0.6 is 0 Å². The van der Waals surface area contributed by atoms with Crippen molar-refractivity contribution in [2.75, 3.05) is 13.7 Å². The van der Waals surface area contributed by atoms with Crippen LogP contribution in [0.3, 0.4) is 0 Å². The largest absolute Gasteiger partial charge is 0.507 e. The van der Waals surface area contributed by atoms with E-state index in [2.05, 4.69) is 4.98 Å². The standard InChI is InChI=1S/C21H22N2O4/c1-4-10-23-18(14-6-5-9-22-12-14)17(20(25)21(23)26)19(24)16-8-7-15(27-3)11-13(16)2/h5-9,11-12,18,24H,4,10H2,1-3H3/b19-17-. The molecule has 1 fully saturated rings. The van der Waals surface area contributed by atoms with Gasteiger partial charge >= 0.3 is 0 Å². The van der Waals surface area contributed by atoms with Crippen molar-refractivity contribution in [3.8, 4) is 5.75 Å². The fraction of sp³-hybridized carbons (Fsp3) is 0.286. The Labute approximate surface area is 158 Å². The number of likely N-dealkylation sites (tertiary alicyclic amines) is 1. The van der Waals surface area contributed by atoms with Gasteiger partial charge in [0, 0.05) is 24.5 Å². The minimum Gasteiger partial charge on any atom is -0.507 e. The Morgan fingerprint density at radius 1 is 1.30 bits per heavy atom. The third kappa shape index (κ3) is 3.30. The zero-order valence-electron chi connectivity index (χ0n) is 15.6. The van der Waals surface area contributed by atoms with Gasteiger partial charge in [0.2, 0.25) is 0 Å². The zero-order valence-corrected chi connectivity index (χ0v) is 15.6. The van der Waals surface area contributed by atoms with Crippen LogP contribution in [-0.4, -0.2) is 40.3 Å². The number of rotatable bonds is 5. The number of carbonyl (C=O) groups is 2. The van der Waals surface area contributed by atoms with E-state index in [1.165, 1.54) is 4.90 Å². The lowest BCUT2D eigenvalue weighted by atomic mass is 9.94. The third-order valence-corrected chi connectivity index (χ3v) is 4.69. The molecule has 1 N–H and O–H groups in total. The second-order valence-electron chi connectivity index (χ2n) is 6.46. The van der Waals surface area contributed by atoms with Gasteiger partial charge in [-0.1, -0.05) is 13.0 Å². The number of pyridine rings is 1. The molecule has 1 atom stereocenters. The smallest absolute Gasteiger partial charge is 0.295 e. The number of aromatic nitrogens is 1.